The number of para-hydroxylation sites is 1. The van der Waals surface area contributed by atoms with Crippen molar-refractivity contribution in [3.05, 3.63) is 120 Å². The molecule has 40 heavy (non-hydrogen) atoms. The quantitative estimate of drug-likeness (QED) is 0.281. The van der Waals surface area contributed by atoms with Crippen LogP contribution in [0.4, 0.5) is 10.1 Å². The van der Waals surface area contributed by atoms with Gasteiger partial charge in [0.25, 0.3) is 21.8 Å². The lowest BCUT2D eigenvalue weighted by Gasteiger charge is -2.25. The predicted octanol–water partition coefficient (Wildman–Crippen LogP) is 4.07. The summed E-state index contributed by atoms with van der Waals surface area (Å²) in [4.78, 5) is 24.7. The Morgan fingerprint density at radius 2 is 1.55 bits per heavy atom. The lowest BCUT2D eigenvalue weighted by atomic mass is 10.2. The van der Waals surface area contributed by atoms with E-state index in [0.717, 1.165) is 5.56 Å². The molecule has 4 rings (SSSR count). The second-order valence-corrected chi connectivity index (χ2v) is 10.3. The van der Waals surface area contributed by atoms with Crippen molar-refractivity contribution < 1.29 is 31.9 Å². The molecule has 0 aliphatic carbocycles. The van der Waals surface area contributed by atoms with Crippen LogP contribution in [0.1, 0.15) is 15.9 Å². The van der Waals surface area contributed by atoms with Gasteiger partial charge in [-0.25, -0.2) is 12.8 Å². The molecule has 0 spiro atoms. The summed E-state index contributed by atoms with van der Waals surface area (Å²) in [5.74, 6) is -1.67. The molecule has 2 amide bonds. The minimum atomic E-state index is -4.13. The van der Waals surface area contributed by atoms with Crippen molar-refractivity contribution >= 4 is 27.5 Å². The molecule has 0 unspecified atom stereocenters. The third-order valence-corrected chi connectivity index (χ3v) is 7.49. The summed E-state index contributed by atoms with van der Waals surface area (Å²) in [5.41, 5.74) is 5.53. The number of halogens is 1. The molecule has 4 aromatic rings. The topological polar surface area (TPSA) is 114 Å². The Balaban J connectivity index is 1.50. The minimum absolute atomic E-state index is 0.00853. The van der Waals surface area contributed by atoms with E-state index in [2.05, 4.69) is 10.9 Å². The number of carbonyl (C=O) groups excluding carboxylic acids is 2. The van der Waals surface area contributed by atoms with E-state index in [9.17, 15) is 22.4 Å². The first-order valence-corrected chi connectivity index (χ1v) is 13.5. The van der Waals surface area contributed by atoms with Gasteiger partial charge in [-0.2, -0.15) is 0 Å². The lowest BCUT2D eigenvalue weighted by Crippen LogP contribution is -2.43. The largest absolute Gasteiger partial charge is 0.497 e. The SMILES string of the molecule is COc1ccc(N(Cc2ccccc2)S(=O)(=O)c2cccc(C(=O)NNC(=O)COc3ccccc3F)c2)cc1. The maximum atomic E-state index is 13.8. The Morgan fingerprint density at radius 3 is 2.25 bits per heavy atom. The van der Waals surface area contributed by atoms with Crippen LogP contribution < -0.4 is 24.6 Å². The molecule has 0 aliphatic heterocycles. The lowest BCUT2D eigenvalue weighted by molar-refractivity contribution is -0.123. The molecule has 0 radical (unpaired) electrons. The maximum Gasteiger partial charge on any atom is 0.276 e. The highest BCUT2D eigenvalue weighted by atomic mass is 32.2. The van der Waals surface area contributed by atoms with E-state index >= 15 is 0 Å². The molecule has 0 saturated carbocycles. The van der Waals surface area contributed by atoms with E-state index < -0.39 is 34.3 Å². The number of hydrogen-bond acceptors (Lipinski definition) is 6. The van der Waals surface area contributed by atoms with Crippen molar-refractivity contribution in [1.29, 1.82) is 0 Å². The van der Waals surface area contributed by atoms with Crippen LogP contribution in [0.2, 0.25) is 0 Å². The standard InChI is InChI=1S/C29H26FN3O6S/c1-38-24-16-14-23(15-17-24)33(19-21-8-3-2-4-9-21)40(36,37)25-11-7-10-22(18-25)29(35)32-31-28(34)20-39-27-13-6-5-12-26(27)30/h2-18H,19-20H2,1H3,(H,31,34)(H,32,35). The van der Waals surface area contributed by atoms with Gasteiger partial charge in [0, 0.05) is 5.56 Å². The molecule has 206 valence electrons. The third kappa shape index (κ3) is 6.94. The average molecular weight is 564 g/mol. The van der Waals surface area contributed by atoms with E-state index in [1.807, 2.05) is 30.3 Å². The summed E-state index contributed by atoms with van der Waals surface area (Å²) < 4.78 is 52.8. The molecule has 0 saturated heterocycles. The van der Waals surface area contributed by atoms with Gasteiger partial charge in [-0.1, -0.05) is 48.5 Å². The van der Waals surface area contributed by atoms with E-state index in [1.165, 1.54) is 53.9 Å². The van der Waals surface area contributed by atoms with Gasteiger partial charge in [0.15, 0.2) is 18.2 Å². The fourth-order valence-electron chi connectivity index (χ4n) is 3.68. The highest BCUT2D eigenvalue weighted by Crippen LogP contribution is 2.28. The normalized spacial score (nSPS) is 10.8. The van der Waals surface area contributed by atoms with Crippen molar-refractivity contribution in [2.75, 3.05) is 18.0 Å². The van der Waals surface area contributed by atoms with Crippen LogP contribution in [0.25, 0.3) is 0 Å². The smallest absolute Gasteiger partial charge is 0.276 e. The summed E-state index contributed by atoms with van der Waals surface area (Å²) in [6, 6.07) is 26.7. The molecular weight excluding hydrogens is 537 g/mol. The Hall–Kier alpha value is -4.90. The zero-order valence-corrected chi connectivity index (χ0v) is 22.2. The van der Waals surface area contributed by atoms with E-state index in [-0.39, 0.29) is 22.8 Å². The molecule has 0 atom stereocenters. The van der Waals surface area contributed by atoms with Gasteiger partial charge in [-0.05, 0) is 60.2 Å². The Labute approximate surface area is 231 Å². The molecular formula is C29H26FN3O6S. The zero-order chi connectivity index (χ0) is 28.5. The van der Waals surface area contributed by atoms with Crippen LogP contribution in [0.5, 0.6) is 11.5 Å². The van der Waals surface area contributed by atoms with Gasteiger partial charge in [0.2, 0.25) is 0 Å². The number of amides is 2. The van der Waals surface area contributed by atoms with Crippen molar-refractivity contribution in [3.8, 4) is 11.5 Å². The number of carbonyl (C=O) groups is 2. The number of nitrogens with zero attached hydrogens (tertiary/aromatic N) is 1. The number of anilines is 1. The second kappa shape index (κ2) is 12.8. The number of methoxy groups -OCH3 is 1. The third-order valence-electron chi connectivity index (χ3n) is 5.72. The number of nitrogens with one attached hydrogen (secondary N) is 2. The van der Waals surface area contributed by atoms with E-state index in [4.69, 9.17) is 9.47 Å². The Bertz CT molecular complexity index is 1580. The molecule has 0 aromatic heterocycles. The molecule has 9 nitrogen and oxygen atoms in total. The van der Waals surface area contributed by atoms with Crippen LogP contribution in [0.15, 0.2) is 108 Å². The summed E-state index contributed by atoms with van der Waals surface area (Å²) in [5, 5.41) is 0. The average Bonchev–Trinajstić information content (AvgIpc) is 2.99. The van der Waals surface area contributed by atoms with Gasteiger partial charge < -0.3 is 9.47 Å². The molecule has 2 N–H and O–H groups in total. The minimum Gasteiger partial charge on any atom is -0.497 e. The van der Waals surface area contributed by atoms with Crippen molar-refractivity contribution in [2.45, 2.75) is 11.4 Å². The van der Waals surface area contributed by atoms with Crippen LogP contribution >= 0.6 is 0 Å². The summed E-state index contributed by atoms with van der Waals surface area (Å²) in [6.07, 6.45) is 0. The molecule has 11 heteroatoms. The number of hydrazine groups is 1. The molecule has 0 heterocycles. The van der Waals surface area contributed by atoms with Gasteiger partial charge in [0.1, 0.15) is 5.75 Å². The van der Waals surface area contributed by atoms with Gasteiger partial charge >= 0.3 is 0 Å². The molecule has 0 aliphatic rings. The number of benzene rings is 4. The number of sulfonamides is 1. The van der Waals surface area contributed by atoms with Crippen LogP contribution in [0, 0.1) is 5.82 Å². The van der Waals surface area contributed by atoms with E-state index in [0.29, 0.717) is 11.4 Å². The van der Waals surface area contributed by atoms with E-state index in [1.54, 1.807) is 30.3 Å². The highest BCUT2D eigenvalue weighted by molar-refractivity contribution is 7.92. The highest BCUT2D eigenvalue weighted by Gasteiger charge is 2.26. The first-order chi connectivity index (χ1) is 19.3. The van der Waals surface area contributed by atoms with Gasteiger partial charge in [-0.3, -0.25) is 24.7 Å². The molecule has 4 aromatic carbocycles. The zero-order valence-electron chi connectivity index (χ0n) is 21.4. The fraction of sp³-hybridized carbons (Fsp3) is 0.103. The van der Waals surface area contributed by atoms with Gasteiger partial charge in [0.05, 0.1) is 24.2 Å². The first kappa shape index (κ1) is 28.1. The number of ether oxygens (including phenoxy) is 2. The maximum absolute atomic E-state index is 13.8. The number of rotatable bonds is 10. The molecule has 0 fully saturated rings. The first-order valence-electron chi connectivity index (χ1n) is 12.1. The summed E-state index contributed by atoms with van der Waals surface area (Å²) in [6.45, 7) is -0.504. The van der Waals surface area contributed by atoms with Crippen LogP contribution in [0.3, 0.4) is 0 Å². The summed E-state index contributed by atoms with van der Waals surface area (Å²) >= 11 is 0. The van der Waals surface area contributed by atoms with Crippen molar-refractivity contribution in [1.82, 2.24) is 10.9 Å². The Morgan fingerprint density at radius 1 is 0.850 bits per heavy atom. The summed E-state index contributed by atoms with van der Waals surface area (Å²) in [7, 11) is -2.62. The van der Waals surface area contributed by atoms with Crippen LogP contribution in [-0.4, -0.2) is 33.9 Å². The van der Waals surface area contributed by atoms with Gasteiger partial charge in [-0.15, -0.1) is 0 Å². The van der Waals surface area contributed by atoms with Crippen LogP contribution in [-0.2, 0) is 21.4 Å². The second-order valence-electron chi connectivity index (χ2n) is 8.44. The van der Waals surface area contributed by atoms with Crippen molar-refractivity contribution in [3.63, 3.8) is 0 Å². The van der Waals surface area contributed by atoms with Crippen molar-refractivity contribution in [2.24, 2.45) is 0 Å². The number of hydrogen-bond donors (Lipinski definition) is 2. The molecule has 0 bridgehead atoms. The fourth-order valence-corrected chi connectivity index (χ4v) is 5.18. The Kier molecular flexibility index (Phi) is 8.97. The predicted molar refractivity (Wildman–Crippen MR) is 147 cm³/mol. The monoisotopic (exact) mass is 563 g/mol.